The zero-order chi connectivity index (χ0) is 28.5. The number of aliphatic hydroxyl groups is 1. The van der Waals surface area contributed by atoms with Crippen LogP contribution >= 0.6 is 0 Å². The van der Waals surface area contributed by atoms with E-state index in [0.29, 0.717) is 19.3 Å². The number of rotatable bonds is 12. The SMILES string of the molecule is C=CCCCCOC(=O)[C@@H]1[C@H]2C(=O)N([C@H](C)CO)C(C(=O)N(CC=C)c3c(C)cccc3C)C23CC[C@@]1(C)O3. The third-order valence-electron chi connectivity index (χ3n) is 8.78. The molecule has 4 rings (SSSR count). The van der Waals surface area contributed by atoms with Gasteiger partial charge in [0, 0.05) is 12.2 Å². The number of aryl methyl sites for hydroxylation is 2. The Morgan fingerprint density at radius 1 is 1.23 bits per heavy atom. The average molecular weight is 539 g/mol. The lowest BCUT2D eigenvalue weighted by molar-refractivity contribution is -0.160. The van der Waals surface area contributed by atoms with E-state index in [-0.39, 0.29) is 31.6 Å². The molecular formula is C31H42N2O6. The highest BCUT2D eigenvalue weighted by Gasteiger charge is 2.79. The minimum Gasteiger partial charge on any atom is -0.465 e. The summed E-state index contributed by atoms with van der Waals surface area (Å²) in [5.74, 6) is -2.78. The summed E-state index contributed by atoms with van der Waals surface area (Å²) in [6.07, 6.45) is 6.88. The van der Waals surface area contributed by atoms with Crippen LogP contribution in [0.2, 0.25) is 0 Å². The number of anilines is 1. The minimum absolute atomic E-state index is 0.241. The molecule has 39 heavy (non-hydrogen) atoms. The number of carbonyl (C=O) groups is 3. The molecule has 1 N–H and O–H groups in total. The van der Waals surface area contributed by atoms with Crippen LogP contribution in [0, 0.1) is 25.7 Å². The Balaban J connectivity index is 1.74. The average Bonchev–Trinajstić information content (AvgIpc) is 3.47. The molecule has 2 unspecified atom stereocenters. The lowest BCUT2D eigenvalue weighted by Gasteiger charge is -2.39. The molecule has 1 spiro atoms. The Morgan fingerprint density at radius 3 is 2.54 bits per heavy atom. The zero-order valence-corrected chi connectivity index (χ0v) is 23.7. The standard InChI is InChI=1S/C31H42N2O6/c1-7-9-10-11-18-38-29(37)24-23-27(35)33(22(5)19-34)26(31(23)16-15-30(24,6)39-31)28(36)32(17-8-2)25-20(3)13-12-14-21(25)4/h7-8,12-14,22-24,26,34H,1-2,9-11,15-19H2,3-6H3/t22-,23+,24+,26?,30-,31?/m1/s1. The van der Waals surface area contributed by atoms with E-state index >= 15 is 0 Å². The predicted octanol–water partition coefficient (Wildman–Crippen LogP) is 3.87. The summed E-state index contributed by atoms with van der Waals surface area (Å²) in [4.78, 5) is 45.3. The van der Waals surface area contributed by atoms with Crippen molar-refractivity contribution in [3.8, 4) is 0 Å². The van der Waals surface area contributed by atoms with E-state index in [4.69, 9.17) is 9.47 Å². The Labute approximate surface area is 231 Å². The summed E-state index contributed by atoms with van der Waals surface area (Å²) in [6, 6.07) is 4.19. The van der Waals surface area contributed by atoms with Gasteiger partial charge in [0.15, 0.2) is 0 Å². The van der Waals surface area contributed by atoms with Gasteiger partial charge in [0.2, 0.25) is 5.91 Å². The molecule has 1 aromatic carbocycles. The van der Waals surface area contributed by atoms with Gasteiger partial charge in [-0.25, -0.2) is 0 Å². The molecule has 2 amide bonds. The fraction of sp³-hybridized carbons (Fsp3) is 0.581. The van der Waals surface area contributed by atoms with Gasteiger partial charge >= 0.3 is 5.97 Å². The van der Waals surface area contributed by atoms with Crippen molar-refractivity contribution in [1.82, 2.24) is 4.90 Å². The number of hydrogen-bond acceptors (Lipinski definition) is 6. The van der Waals surface area contributed by atoms with Crippen molar-refractivity contribution >= 4 is 23.5 Å². The number of esters is 1. The highest BCUT2D eigenvalue weighted by atomic mass is 16.6. The van der Waals surface area contributed by atoms with Gasteiger partial charge in [-0.05, 0) is 70.9 Å². The molecule has 0 radical (unpaired) electrons. The summed E-state index contributed by atoms with van der Waals surface area (Å²) in [5.41, 5.74) is 0.515. The highest BCUT2D eigenvalue weighted by molar-refractivity contribution is 6.05. The van der Waals surface area contributed by atoms with Gasteiger partial charge in [-0.3, -0.25) is 14.4 Å². The third kappa shape index (κ3) is 4.72. The molecule has 0 aromatic heterocycles. The maximum absolute atomic E-state index is 14.6. The van der Waals surface area contributed by atoms with Crippen LogP contribution in [0.4, 0.5) is 5.69 Å². The monoisotopic (exact) mass is 538 g/mol. The van der Waals surface area contributed by atoms with Crippen LogP contribution in [0.25, 0.3) is 0 Å². The number of nitrogens with zero attached hydrogens (tertiary/aromatic N) is 2. The number of allylic oxidation sites excluding steroid dienone is 1. The molecule has 3 saturated heterocycles. The lowest BCUT2D eigenvalue weighted by Crippen LogP contribution is -2.58. The lowest BCUT2D eigenvalue weighted by atomic mass is 9.66. The molecule has 3 aliphatic rings. The van der Waals surface area contributed by atoms with Crippen molar-refractivity contribution in [3.63, 3.8) is 0 Å². The molecule has 3 fully saturated rings. The molecule has 0 saturated carbocycles. The Kier molecular flexibility index (Phi) is 8.38. The molecular weight excluding hydrogens is 496 g/mol. The molecule has 3 heterocycles. The van der Waals surface area contributed by atoms with E-state index in [1.807, 2.05) is 45.0 Å². The minimum atomic E-state index is -1.19. The van der Waals surface area contributed by atoms with Gasteiger partial charge in [0.1, 0.15) is 17.6 Å². The van der Waals surface area contributed by atoms with E-state index in [1.165, 1.54) is 4.90 Å². The molecule has 2 bridgehead atoms. The van der Waals surface area contributed by atoms with Gasteiger partial charge in [0.05, 0.1) is 30.8 Å². The third-order valence-corrected chi connectivity index (χ3v) is 8.78. The van der Waals surface area contributed by atoms with E-state index < -0.39 is 41.1 Å². The Morgan fingerprint density at radius 2 is 1.92 bits per heavy atom. The predicted molar refractivity (Wildman–Crippen MR) is 149 cm³/mol. The number of unbranched alkanes of at least 4 members (excludes halogenated alkanes) is 2. The molecule has 212 valence electrons. The van der Waals surface area contributed by atoms with Gasteiger partial charge in [-0.2, -0.15) is 0 Å². The number of fused-ring (bicyclic) bond motifs is 1. The van der Waals surface area contributed by atoms with E-state index in [1.54, 1.807) is 17.9 Å². The first-order valence-electron chi connectivity index (χ1n) is 14.0. The number of ether oxygens (including phenoxy) is 2. The number of carbonyl (C=O) groups excluding carboxylic acids is 3. The maximum Gasteiger partial charge on any atom is 0.312 e. The zero-order valence-electron chi connectivity index (χ0n) is 23.7. The Bertz CT molecular complexity index is 1130. The maximum atomic E-state index is 14.6. The van der Waals surface area contributed by atoms with Crippen LogP contribution in [0.5, 0.6) is 0 Å². The van der Waals surface area contributed by atoms with E-state index in [0.717, 1.165) is 29.7 Å². The summed E-state index contributed by atoms with van der Waals surface area (Å²) in [6.45, 7) is 15.2. The summed E-state index contributed by atoms with van der Waals surface area (Å²) >= 11 is 0. The number of hydrogen-bond donors (Lipinski definition) is 1. The number of aliphatic hydroxyl groups excluding tert-OH is 1. The molecule has 3 aliphatic heterocycles. The van der Waals surface area contributed by atoms with Gasteiger partial charge in [-0.15, -0.1) is 13.2 Å². The molecule has 6 atom stereocenters. The molecule has 0 aliphatic carbocycles. The van der Waals surface area contributed by atoms with Crippen LogP contribution in [0.1, 0.15) is 57.1 Å². The van der Waals surface area contributed by atoms with Crippen LogP contribution in [-0.2, 0) is 23.9 Å². The quantitative estimate of drug-likeness (QED) is 0.247. The highest BCUT2D eigenvalue weighted by Crippen LogP contribution is 2.63. The summed E-state index contributed by atoms with van der Waals surface area (Å²) in [7, 11) is 0. The molecule has 8 nitrogen and oxygen atoms in total. The van der Waals surface area contributed by atoms with Crippen molar-refractivity contribution in [3.05, 3.63) is 54.6 Å². The van der Waals surface area contributed by atoms with Gasteiger partial charge < -0.3 is 24.4 Å². The molecule has 1 aromatic rings. The van der Waals surface area contributed by atoms with Crippen LogP contribution in [0.3, 0.4) is 0 Å². The van der Waals surface area contributed by atoms with Gasteiger partial charge in [-0.1, -0.05) is 30.4 Å². The van der Waals surface area contributed by atoms with E-state index in [9.17, 15) is 19.5 Å². The van der Waals surface area contributed by atoms with Gasteiger partial charge in [0.25, 0.3) is 5.91 Å². The molecule has 8 heteroatoms. The van der Waals surface area contributed by atoms with Crippen molar-refractivity contribution in [2.24, 2.45) is 11.8 Å². The second-order valence-electron chi connectivity index (χ2n) is 11.4. The summed E-state index contributed by atoms with van der Waals surface area (Å²) in [5, 5.41) is 10.1. The first-order chi connectivity index (χ1) is 18.6. The first kappa shape index (κ1) is 29.0. The Hall–Kier alpha value is -2.97. The van der Waals surface area contributed by atoms with Crippen LogP contribution in [0.15, 0.2) is 43.5 Å². The van der Waals surface area contributed by atoms with E-state index in [2.05, 4.69) is 13.2 Å². The number of amides is 2. The number of para-hydroxylation sites is 1. The van der Waals surface area contributed by atoms with Crippen molar-refractivity contribution < 1.29 is 29.0 Å². The number of likely N-dealkylation sites (tertiary alicyclic amines) is 1. The number of benzene rings is 1. The topological polar surface area (TPSA) is 96.4 Å². The normalized spacial score (nSPS) is 29.7. The fourth-order valence-electron chi connectivity index (χ4n) is 7.02. The van der Waals surface area contributed by atoms with Crippen molar-refractivity contribution in [1.29, 1.82) is 0 Å². The largest absolute Gasteiger partial charge is 0.465 e. The summed E-state index contributed by atoms with van der Waals surface area (Å²) < 4.78 is 12.3. The smallest absolute Gasteiger partial charge is 0.312 e. The van der Waals surface area contributed by atoms with Crippen LogP contribution < -0.4 is 4.90 Å². The second kappa shape index (κ2) is 11.3. The second-order valence-corrected chi connectivity index (χ2v) is 11.4. The van der Waals surface area contributed by atoms with Crippen LogP contribution in [-0.4, -0.2) is 70.8 Å². The fourth-order valence-corrected chi connectivity index (χ4v) is 7.02. The van der Waals surface area contributed by atoms with Crippen molar-refractivity contribution in [2.75, 3.05) is 24.7 Å². The first-order valence-corrected chi connectivity index (χ1v) is 14.0. The van der Waals surface area contributed by atoms with Crippen molar-refractivity contribution in [2.45, 2.75) is 83.1 Å².